The van der Waals surface area contributed by atoms with Crippen molar-refractivity contribution in [3.63, 3.8) is 0 Å². The van der Waals surface area contributed by atoms with E-state index in [1.165, 1.54) is 27.6 Å². The third-order valence-electron chi connectivity index (χ3n) is 6.92. The van der Waals surface area contributed by atoms with Gasteiger partial charge in [0.15, 0.2) is 0 Å². The SMILES string of the molecule is Cc1ccc(-c2cnc(-c3cc(C)cc4c3oc3nc(C)ccc34)c3ccc(C(C)C)cc23)cc1. The van der Waals surface area contributed by atoms with Gasteiger partial charge in [0.1, 0.15) is 5.58 Å². The monoisotopic (exact) mass is 456 g/mol. The van der Waals surface area contributed by atoms with E-state index in [-0.39, 0.29) is 0 Å². The van der Waals surface area contributed by atoms with Gasteiger partial charge in [0.05, 0.1) is 5.69 Å². The second-order valence-corrected chi connectivity index (χ2v) is 9.94. The lowest BCUT2D eigenvalue weighted by atomic mass is 9.92. The molecule has 3 nitrogen and oxygen atoms in total. The molecule has 0 saturated heterocycles. The summed E-state index contributed by atoms with van der Waals surface area (Å²) < 4.78 is 6.36. The van der Waals surface area contributed by atoms with Crippen molar-refractivity contribution < 1.29 is 4.42 Å². The van der Waals surface area contributed by atoms with Crippen molar-refractivity contribution in [1.82, 2.24) is 9.97 Å². The van der Waals surface area contributed by atoms with E-state index in [1.807, 2.05) is 19.2 Å². The molecule has 3 aromatic heterocycles. The van der Waals surface area contributed by atoms with Crippen molar-refractivity contribution in [2.24, 2.45) is 0 Å². The number of nitrogens with zero attached hydrogens (tertiary/aromatic N) is 2. The maximum atomic E-state index is 6.36. The summed E-state index contributed by atoms with van der Waals surface area (Å²) in [5.41, 5.74) is 10.5. The topological polar surface area (TPSA) is 38.9 Å². The Bertz CT molecular complexity index is 1740. The molecule has 0 amide bonds. The highest BCUT2D eigenvalue weighted by Gasteiger charge is 2.19. The average molecular weight is 457 g/mol. The Labute approximate surface area is 205 Å². The van der Waals surface area contributed by atoms with Gasteiger partial charge >= 0.3 is 0 Å². The van der Waals surface area contributed by atoms with Gasteiger partial charge in [-0.3, -0.25) is 4.98 Å². The molecule has 0 unspecified atom stereocenters. The molecule has 172 valence electrons. The van der Waals surface area contributed by atoms with Crippen LogP contribution in [0.25, 0.3) is 55.2 Å². The molecule has 0 N–H and O–H groups in total. The predicted octanol–water partition coefficient (Wildman–Crippen LogP) is 8.91. The number of furan rings is 1. The highest BCUT2D eigenvalue weighted by Crippen LogP contribution is 2.40. The molecule has 0 bridgehead atoms. The van der Waals surface area contributed by atoms with Gasteiger partial charge in [0.2, 0.25) is 5.71 Å². The van der Waals surface area contributed by atoms with Crippen LogP contribution in [0, 0.1) is 20.8 Å². The summed E-state index contributed by atoms with van der Waals surface area (Å²) in [5.74, 6) is 0.442. The molecule has 6 aromatic rings. The third kappa shape index (κ3) is 3.59. The Morgan fingerprint density at radius 2 is 1.46 bits per heavy atom. The summed E-state index contributed by atoms with van der Waals surface area (Å²) in [6.07, 6.45) is 2.02. The number of pyridine rings is 2. The second kappa shape index (κ2) is 8.06. The number of aromatic nitrogens is 2. The first-order valence-electron chi connectivity index (χ1n) is 12.2. The molecule has 35 heavy (non-hydrogen) atoms. The smallest absolute Gasteiger partial charge is 0.227 e. The number of benzene rings is 3. The van der Waals surface area contributed by atoms with Crippen LogP contribution in [0.3, 0.4) is 0 Å². The maximum Gasteiger partial charge on any atom is 0.227 e. The third-order valence-corrected chi connectivity index (χ3v) is 6.92. The number of fused-ring (bicyclic) bond motifs is 4. The molecule has 0 radical (unpaired) electrons. The highest BCUT2D eigenvalue weighted by atomic mass is 16.3. The van der Waals surface area contributed by atoms with Crippen molar-refractivity contribution in [2.45, 2.75) is 40.5 Å². The summed E-state index contributed by atoms with van der Waals surface area (Å²) in [4.78, 5) is 9.69. The summed E-state index contributed by atoms with van der Waals surface area (Å²) in [6.45, 7) is 10.7. The van der Waals surface area contributed by atoms with E-state index >= 15 is 0 Å². The van der Waals surface area contributed by atoms with Gasteiger partial charge < -0.3 is 4.42 Å². The molecule has 6 rings (SSSR count). The summed E-state index contributed by atoms with van der Waals surface area (Å²) in [6, 6.07) is 24.0. The van der Waals surface area contributed by atoms with Crippen LogP contribution >= 0.6 is 0 Å². The Hall–Kier alpha value is -3.98. The molecule has 3 aromatic carbocycles. The van der Waals surface area contributed by atoms with Gasteiger partial charge in [0, 0.05) is 39.2 Å². The van der Waals surface area contributed by atoms with Gasteiger partial charge in [-0.2, -0.15) is 0 Å². The summed E-state index contributed by atoms with van der Waals surface area (Å²) in [5, 5.41) is 4.46. The first kappa shape index (κ1) is 21.5. The normalized spacial score (nSPS) is 11.8. The van der Waals surface area contributed by atoms with E-state index in [9.17, 15) is 0 Å². The average Bonchev–Trinajstić information content (AvgIpc) is 3.20. The van der Waals surface area contributed by atoms with Crippen LogP contribution in [0.5, 0.6) is 0 Å². The lowest BCUT2D eigenvalue weighted by molar-refractivity contribution is 0.653. The molecule has 0 aliphatic carbocycles. The van der Waals surface area contributed by atoms with E-state index in [0.29, 0.717) is 11.6 Å². The van der Waals surface area contributed by atoms with Gasteiger partial charge in [-0.25, -0.2) is 4.98 Å². The minimum atomic E-state index is 0.442. The van der Waals surface area contributed by atoms with Crippen molar-refractivity contribution in [3.05, 3.63) is 95.3 Å². The number of hydrogen-bond acceptors (Lipinski definition) is 3. The van der Waals surface area contributed by atoms with E-state index in [1.54, 1.807) is 0 Å². The fourth-order valence-corrected chi connectivity index (χ4v) is 4.97. The van der Waals surface area contributed by atoms with Gasteiger partial charge in [0.25, 0.3) is 0 Å². The van der Waals surface area contributed by atoms with Gasteiger partial charge in [-0.05, 0) is 73.0 Å². The zero-order valence-electron chi connectivity index (χ0n) is 20.8. The van der Waals surface area contributed by atoms with Crippen molar-refractivity contribution >= 4 is 32.8 Å². The van der Waals surface area contributed by atoms with E-state index in [0.717, 1.165) is 44.3 Å². The fourth-order valence-electron chi connectivity index (χ4n) is 4.97. The molecule has 0 spiro atoms. The fraction of sp³-hybridized carbons (Fsp3) is 0.188. The maximum absolute atomic E-state index is 6.36. The first-order chi connectivity index (χ1) is 16.9. The lowest BCUT2D eigenvalue weighted by Gasteiger charge is -2.15. The van der Waals surface area contributed by atoms with E-state index in [4.69, 9.17) is 9.40 Å². The van der Waals surface area contributed by atoms with Crippen LogP contribution in [-0.2, 0) is 0 Å². The minimum absolute atomic E-state index is 0.442. The van der Waals surface area contributed by atoms with Crippen molar-refractivity contribution in [3.8, 4) is 22.4 Å². The number of hydrogen-bond donors (Lipinski definition) is 0. The predicted molar refractivity (Wildman–Crippen MR) is 146 cm³/mol. The molecule has 0 aliphatic heterocycles. The number of rotatable bonds is 3. The van der Waals surface area contributed by atoms with Gasteiger partial charge in [-0.1, -0.05) is 61.9 Å². The molecule has 0 aliphatic rings. The van der Waals surface area contributed by atoms with Crippen molar-refractivity contribution in [2.75, 3.05) is 0 Å². The van der Waals surface area contributed by atoms with Crippen LogP contribution in [0.1, 0.15) is 42.1 Å². The van der Waals surface area contributed by atoms with Crippen LogP contribution in [0.15, 0.2) is 77.3 Å². The summed E-state index contributed by atoms with van der Waals surface area (Å²) >= 11 is 0. The molecular weight excluding hydrogens is 428 g/mol. The van der Waals surface area contributed by atoms with Crippen molar-refractivity contribution in [1.29, 1.82) is 0 Å². The summed E-state index contributed by atoms with van der Waals surface area (Å²) in [7, 11) is 0. The molecule has 3 heterocycles. The Morgan fingerprint density at radius 3 is 2.23 bits per heavy atom. The second-order valence-electron chi connectivity index (χ2n) is 9.94. The van der Waals surface area contributed by atoms with Gasteiger partial charge in [-0.15, -0.1) is 0 Å². The standard InChI is InChI=1S/C32H28N2O/c1-18(2)23-11-13-24-26(16-23)29(22-9-6-19(3)7-10-22)17-33-30(24)28-15-20(4)14-27-25-12-8-21(5)34-32(25)35-31(27)28/h6-18H,1-5H3. The molecule has 0 saturated carbocycles. The van der Waals surface area contributed by atoms with Crippen LogP contribution < -0.4 is 0 Å². The quantitative estimate of drug-likeness (QED) is 0.267. The Morgan fingerprint density at radius 1 is 0.686 bits per heavy atom. The number of aryl methyl sites for hydroxylation is 3. The largest absolute Gasteiger partial charge is 0.437 e. The molecule has 0 atom stereocenters. The van der Waals surface area contributed by atoms with Crippen LogP contribution in [0.4, 0.5) is 0 Å². The van der Waals surface area contributed by atoms with E-state index < -0.39 is 0 Å². The van der Waals surface area contributed by atoms with E-state index in [2.05, 4.69) is 93.3 Å². The first-order valence-corrected chi connectivity index (χ1v) is 12.2. The minimum Gasteiger partial charge on any atom is -0.437 e. The molecule has 0 fully saturated rings. The van der Waals surface area contributed by atoms with Crippen LogP contribution in [-0.4, -0.2) is 9.97 Å². The van der Waals surface area contributed by atoms with Crippen LogP contribution in [0.2, 0.25) is 0 Å². The molecule has 3 heteroatoms. The highest BCUT2D eigenvalue weighted by molar-refractivity contribution is 6.12. The zero-order valence-corrected chi connectivity index (χ0v) is 20.8. The Balaban J connectivity index is 1.68. The molecular formula is C32H28N2O. The zero-order chi connectivity index (χ0) is 24.3. The Kier molecular flexibility index (Phi) is 4.96. The lowest BCUT2D eigenvalue weighted by Crippen LogP contribution is -1.94.